The summed E-state index contributed by atoms with van der Waals surface area (Å²) in [7, 11) is 0. The molecule has 0 spiro atoms. The van der Waals surface area contributed by atoms with Gasteiger partial charge in [0.25, 0.3) is 0 Å². The Kier molecular flexibility index (Phi) is 2.20. The van der Waals surface area contributed by atoms with Crippen molar-refractivity contribution in [3.63, 3.8) is 0 Å². The van der Waals surface area contributed by atoms with Gasteiger partial charge in [0, 0.05) is 6.07 Å². The molecule has 5 nitrogen and oxygen atoms in total. The highest BCUT2D eigenvalue weighted by molar-refractivity contribution is 6.07. The van der Waals surface area contributed by atoms with Crippen LogP contribution in [0.25, 0.3) is 0 Å². The lowest BCUT2D eigenvalue weighted by molar-refractivity contribution is 0.102. The zero-order valence-electron chi connectivity index (χ0n) is 7.24. The Morgan fingerprint density at radius 3 is 2.80 bits per heavy atom. The highest BCUT2D eigenvalue weighted by atomic mass is 19.1. The van der Waals surface area contributed by atoms with Crippen molar-refractivity contribution in [3.8, 4) is 0 Å². The molecule has 0 aromatic carbocycles. The van der Waals surface area contributed by atoms with Crippen LogP contribution >= 0.6 is 0 Å². The van der Waals surface area contributed by atoms with E-state index >= 15 is 0 Å². The molecular formula is C8H4F2N4O. The van der Waals surface area contributed by atoms with Crippen LogP contribution in [0.1, 0.15) is 16.1 Å². The van der Waals surface area contributed by atoms with Crippen LogP contribution in [0.3, 0.4) is 0 Å². The Morgan fingerprint density at radius 1 is 1.33 bits per heavy atom. The number of rotatable bonds is 2. The minimum absolute atomic E-state index is 0.0838. The standard InChI is InChI=1S/C8H4F2N4O/c9-5-2-11-7(10)1-4(5)8(15)6-3-12-14-13-6/h1-3H,(H,12,13,14). The van der Waals surface area contributed by atoms with Gasteiger partial charge < -0.3 is 0 Å². The minimum Gasteiger partial charge on any atom is -0.287 e. The molecule has 0 fully saturated rings. The summed E-state index contributed by atoms with van der Waals surface area (Å²) in [6.45, 7) is 0. The number of carbonyl (C=O) groups excluding carboxylic acids is 1. The van der Waals surface area contributed by atoms with Crippen LogP contribution < -0.4 is 0 Å². The fraction of sp³-hybridized carbons (Fsp3) is 0. The summed E-state index contributed by atoms with van der Waals surface area (Å²) in [6.07, 6.45) is 1.77. The fourth-order valence-electron chi connectivity index (χ4n) is 1.04. The molecule has 2 rings (SSSR count). The summed E-state index contributed by atoms with van der Waals surface area (Å²) in [6, 6.07) is 0.715. The first-order valence-corrected chi connectivity index (χ1v) is 3.90. The molecule has 76 valence electrons. The van der Waals surface area contributed by atoms with E-state index in [2.05, 4.69) is 20.4 Å². The van der Waals surface area contributed by atoms with Gasteiger partial charge in [0.1, 0.15) is 0 Å². The molecule has 0 bridgehead atoms. The molecule has 0 saturated carbocycles. The Balaban J connectivity index is 2.46. The lowest BCUT2D eigenvalue weighted by Crippen LogP contribution is -2.06. The van der Waals surface area contributed by atoms with Crippen LogP contribution in [0.15, 0.2) is 18.5 Å². The predicted molar refractivity (Wildman–Crippen MR) is 44.0 cm³/mol. The maximum atomic E-state index is 13.1. The lowest BCUT2D eigenvalue weighted by Gasteiger charge is -1.98. The summed E-state index contributed by atoms with van der Waals surface area (Å²) in [5, 5.41) is 9.06. The smallest absolute Gasteiger partial charge is 0.218 e. The lowest BCUT2D eigenvalue weighted by atomic mass is 10.1. The van der Waals surface area contributed by atoms with E-state index < -0.39 is 23.1 Å². The molecule has 2 aromatic rings. The molecule has 0 aliphatic rings. The molecule has 2 aromatic heterocycles. The van der Waals surface area contributed by atoms with Crippen molar-refractivity contribution in [1.29, 1.82) is 0 Å². The van der Waals surface area contributed by atoms with E-state index in [1.807, 2.05) is 0 Å². The second-order valence-corrected chi connectivity index (χ2v) is 2.67. The van der Waals surface area contributed by atoms with Crippen molar-refractivity contribution >= 4 is 5.78 Å². The number of nitrogens with zero attached hydrogens (tertiary/aromatic N) is 3. The molecule has 2 heterocycles. The van der Waals surface area contributed by atoms with E-state index in [4.69, 9.17) is 0 Å². The normalized spacial score (nSPS) is 10.3. The Hall–Kier alpha value is -2.18. The third-order valence-electron chi connectivity index (χ3n) is 1.71. The molecule has 0 aliphatic heterocycles. The summed E-state index contributed by atoms with van der Waals surface area (Å²) in [5.74, 6) is -2.57. The number of H-pyrrole nitrogens is 1. The average Bonchev–Trinajstić information content (AvgIpc) is 2.74. The van der Waals surface area contributed by atoms with E-state index in [0.717, 1.165) is 6.20 Å². The second-order valence-electron chi connectivity index (χ2n) is 2.67. The zero-order valence-corrected chi connectivity index (χ0v) is 7.24. The van der Waals surface area contributed by atoms with Gasteiger partial charge in [-0.05, 0) is 0 Å². The van der Waals surface area contributed by atoms with E-state index in [1.54, 1.807) is 0 Å². The number of pyridine rings is 1. The minimum atomic E-state index is -0.928. The monoisotopic (exact) mass is 210 g/mol. The number of carbonyl (C=O) groups is 1. The van der Waals surface area contributed by atoms with Crippen LogP contribution in [0.4, 0.5) is 8.78 Å². The first-order chi connectivity index (χ1) is 7.18. The van der Waals surface area contributed by atoms with Crippen LogP contribution in [-0.2, 0) is 0 Å². The van der Waals surface area contributed by atoms with Gasteiger partial charge in [-0.3, -0.25) is 4.79 Å². The zero-order chi connectivity index (χ0) is 10.8. The number of ketones is 1. The van der Waals surface area contributed by atoms with Crippen LogP contribution in [0, 0.1) is 11.8 Å². The molecule has 0 aliphatic carbocycles. The summed E-state index contributed by atoms with van der Waals surface area (Å²) in [5.41, 5.74) is -0.504. The predicted octanol–water partition coefficient (Wildman–Crippen LogP) is 0.709. The van der Waals surface area contributed by atoms with Crippen molar-refractivity contribution < 1.29 is 13.6 Å². The molecule has 0 amide bonds. The second kappa shape index (κ2) is 3.52. The SMILES string of the molecule is O=C(c1cn[nH]n1)c1cc(F)ncc1F. The molecule has 0 saturated heterocycles. The number of halogens is 2. The quantitative estimate of drug-likeness (QED) is 0.585. The Bertz CT molecular complexity index is 497. The summed E-state index contributed by atoms with van der Waals surface area (Å²) < 4.78 is 25.8. The van der Waals surface area contributed by atoms with Gasteiger partial charge in [-0.25, -0.2) is 9.37 Å². The van der Waals surface area contributed by atoms with Crippen molar-refractivity contribution in [3.05, 3.63) is 41.5 Å². The average molecular weight is 210 g/mol. The summed E-state index contributed by atoms with van der Waals surface area (Å²) in [4.78, 5) is 14.6. The molecule has 1 N–H and O–H groups in total. The maximum absolute atomic E-state index is 13.1. The van der Waals surface area contributed by atoms with E-state index in [9.17, 15) is 13.6 Å². The third-order valence-corrected chi connectivity index (χ3v) is 1.71. The van der Waals surface area contributed by atoms with Crippen molar-refractivity contribution in [2.24, 2.45) is 0 Å². The highest BCUT2D eigenvalue weighted by Gasteiger charge is 2.17. The number of aromatic amines is 1. The van der Waals surface area contributed by atoms with Gasteiger partial charge >= 0.3 is 0 Å². The van der Waals surface area contributed by atoms with Crippen LogP contribution in [0.5, 0.6) is 0 Å². The van der Waals surface area contributed by atoms with Crippen LogP contribution in [0.2, 0.25) is 0 Å². The largest absolute Gasteiger partial charge is 0.287 e. The van der Waals surface area contributed by atoms with Gasteiger partial charge in [-0.1, -0.05) is 0 Å². The van der Waals surface area contributed by atoms with E-state index in [-0.39, 0.29) is 5.69 Å². The molecule has 0 radical (unpaired) electrons. The fourth-order valence-corrected chi connectivity index (χ4v) is 1.04. The molecule has 0 atom stereocenters. The van der Waals surface area contributed by atoms with Crippen molar-refractivity contribution in [2.75, 3.05) is 0 Å². The van der Waals surface area contributed by atoms with Gasteiger partial charge in [0.2, 0.25) is 11.7 Å². The Labute approximate surface area is 82.2 Å². The highest BCUT2D eigenvalue weighted by Crippen LogP contribution is 2.11. The molecule has 7 heteroatoms. The van der Waals surface area contributed by atoms with Gasteiger partial charge in [0.15, 0.2) is 11.5 Å². The molecular weight excluding hydrogens is 206 g/mol. The van der Waals surface area contributed by atoms with Gasteiger partial charge in [-0.15, -0.1) is 0 Å². The summed E-state index contributed by atoms with van der Waals surface area (Å²) >= 11 is 0. The van der Waals surface area contributed by atoms with E-state index in [1.165, 1.54) is 0 Å². The van der Waals surface area contributed by atoms with Crippen molar-refractivity contribution in [1.82, 2.24) is 20.4 Å². The first-order valence-electron chi connectivity index (χ1n) is 3.90. The van der Waals surface area contributed by atoms with Crippen molar-refractivity contribution in [2.45, 2.75) is 0 Å². The first kappa shape index (κ1) is 9.38. The number of hydrogen-bond acceptors (Lipinski definition) is 4. The number of aromatic nitrogens is 4. The van der Waals surface area contributed by atoms with E-state index in [0.29, 0.717) is 12.3 Å². The van der Waals surface area contributed by atoms with Gasteiger partial charge in [-0.2, -0.15) is 19.8 Å². The van der Waals surface area contributed by atoms with Gasteiger partial charge in [0.05, 0.1) is 18.0 Å². The molecule has 15 heavy (non-hydrogen) atoms. The topological polar surface area (TPSA) is 71.5 Å². The number of hydrogen-bond donors (Lipinski definition) is 1. The van der Waals surface area contributed by atoms with Crippen LogP contribution in [-0.4, -0.2) is 26.2 Å². The Morgan fingerprint density at radius 2 is 2.13 bits per heavy atom. The number of nitrogens with one attached hydrogen (secondary N) is 1. The molecule has 0 unspecified atom stereocenters. The maximum Gasteiger partial charge on any atom is 0.218 e. The third kappa shape index (κ3) is 1.71.